The summed E-state index contributed by atoms with van der Waals surface area (Å²) in [5.74, 6) is -2.16. The predicted octanol–water partition coefficient (Wildman–Crippen LogP) is 1.12. The standard InChI is InChI=1S/C10H9Cl3N2O4S/c1-3-2-20-7-4(14-9(19)10(11,12)13)6(16)15(7)5(3)8(17)18/h4,7H,2H2,1H3,(H,14,19)(H,17,18). The van der Waals surface area contributed by atoms with E-state index in [4.69, 9.17) is 39.9 Å². The van der Waals surface area contributed by atoms with E-state index in [1.54, 1.807) is 6.92 Å². The molecular formula is C10H9Cl3N2O4S. The van der Waals surface area contributed by atoms with Crippen LogP contribution in [-0.4, -0.2) is 48.8 Å². The Kier molecular flexibility index (Phi) is 4.17. The summed E-state index contributed by atoms with van der Waals surface area (Å²) in [5, 5.41) is 11.0. The first kappa shape index (κ1) is 15.8. The molecule has 2 atom stereocenters. The van der Waals surface area contributed by atoms with E-state index in [1.165, 1.54) is 11.8 Å². The topological polar surface area (TPSA) is 86.7 Å². The van der Waals surface area contributed by atoms with Crippen molar-refractivity contribution in [3.8, 4) is 0 Å². The quantitative estimate of drug-likeness (QED) is 0.570. The van der Waals surface area contributed by atoms with Gasteiger partial charge in [-0.2, -0.15) is 0 Å². The molecule has 2 amide bonds. The first-order valence-electron chi connectivity index (χ1n) is 5.40. The zero-order valence-electron chi connectivity index (χ0n) is 10.0. The highest BCUT2D eigenvalue weighted by molar-refractivity contribution is 8.00. The van der Waals surface area contributed by atoms with Crippen molar-refractivity contribution < 1.29 is 19.5 Å². The van der Waals surface area contributed by atoms with Crippen LogP contribution in [0.15, 0.2) is 11.3 Å². The Bertz CT molecular complexity index is 531. The van der Waals surface area contributed by atoms with Crippen LogP contribution in [0.25, 0.3) is 0 Å². The molecule has 20 heavy (non-hydrogen) atoms. The lowest BCUT2D eigenvalue weighted by Gasteiger charge is -2.49. The molecule has 0 aromatic carbocycles. The zero-order chi connectivity index (χ0) is 15.2. The van der Waals surface area contributed by atoms with Gasteiger partial charge in [0.2, 0.25) is 0 Å². The summed E-state index contributed by atoms with van der Waals surface area (Å²) in [6.07, 6.45) is 0. The third-order valence-electron chi connectivity index (χ3n) is 2.91. The summed E-state index contributed by atoms with van der Waals surface area (Å²) < 4.78 is -2.17. The van der Waals surface area contributed by atoms with E-state index in [-0.39, 0.29) is 5.70 Å². The van der Waals surface area contributed by atoms with Gasteiger partial charge in [0.15, 0.2) is 0 Å². The largest absolute Gasteiger partial charge is 0.477 e. The number of hydrogen-bond acceptors (Lipinski definition) is 4. The number of nitrogens with one attached hydrogen (secondary N) is 1. The second-order valence-corrected chi connectivity index (χ2v) is 7.68. The molecule has 1 saturated heterocycles. The summed E-state index contributed by atoms with van der Waals surface area (Å²) in [6.45, 7) is 1.65. The number of hydrogen-bond donors (Lipinski definition) is 2. The molecule has 0 spiro atoms. The molecule has 2 N–H and O–H groups in total. The second-order valence-electron chi connectivity index (χ2n) is 4.29. The van der Waals surface area contributed by atoms with E-state index in [9.17, 15) is 14.4 Å². The predicted molar refractivity (Wildman–Crippen MR) is 75.6 cm³/mol. The van der Waals surface area contributed by atoms with Gasteiger partial charge in [0.1, 0.15) is 17.1 Å². The average Bonchev–Trinajstić information content (AvgIpc) is 2.33. The van der Waals surface area contributed by atoms with Crippen LogP contribution in [0, 0.1) is 0 Å². The van der Waals surface area contributed by atoms with E-state index in [0.29, 0.717) is 11.3 Å². The lowest BCUT2D eigenvalue weighted by atomic mass is 10.0. The smallest absolute Gasteiger partial charge is 0.352 e. The molecule has 10 heteroatoms. The van der Waals surface area contributed by atoms with Crippen molar-refractivity contribution >= 4 is 64.3 Å². The Morgan fingerprint density at radius 3 is 2.55 bits per heavy atom. The second kappa shape index (κ2) is 5.29. The number of amides is 2. The number of carbonyl (C=O) groups is 3. The maximum atomic E-state index is 12.0. The van der Waals surface area contributed by atoms with Crippen LogP contribution in [0.2, 0.25) is 0 Å². The van der Waals surface area contributed by atoms with Gasteiger partial charge >= 0.3 is 5.97 Å². The molecule has 2 rings (SSSR count). The van der Waals surface area contributed by atoms with Crippen molar-refractivity contribution in [2.24, 2.45) is 0 Å². The lowest BCUT2D eigenvalue weighted by molar-refractivity contribution is -0.150. The minimum atomic E-state index is -2.17. The Morgan fingerprint density at radius 1 is 1.45 bits per heavy atom. The molecule has 0 aromatic heterocycles. The lowest BCUT2D eigenvalue weighted by Crippen LogP contribution is -2.71. The van der Waals surface area contributed by atoms with Gasteiger partial charge in [-0.3, -0.25) is 14.5 Å². The van der Waals surface area contributed by atoms with Gasteiger partial charge in [-0.15, -0.1) is 11.8 Å². The monoisotopic (exact) mass is 358 g/mol. The zero-order valence-corrected chi connectivity index (χ0v) is 13.1. The minimum Gasteiger partial charge on any atom is -0.477 e. The highest BCUT2D eigenvalue weighted by Crippen LogP contribution is 2.40. The highest BCUT2D eigenvalue weighted by atomic mass is 35.6. The number of carboxylic acids is 1. The molecule has 2 aliphatic rings. The Labute approximate surface area is 133 Å². The van der Waals surface area contributed by atoms with Crippen LogP contribution >= 0.6 is 46.6 Å². The Balaban J connectivity index is 2.16. The van der Waals surface area contributed by atoms with Crippen molar-refractivity contribution in [1.29, 1.82) is 0 Å². The number of β-lactam (4-membered cyclic amide) rings is 1. The van der Waals surface area contributed by atoms with Crippen LogP contribution in [0.5, 0.6) is 0 Å². The maximum absolute atomic E-state index is 12.0. The van der Waals surface area contributed by atoms with Crippen LogP contribution in [0.3, 0.4) is 0 Å². The number of halogens is 3. The molecule has 2 unspecified atom stereocenters. The van der Waals surface area contributed by atoms with Crippen LogP contribution in [0.1, 0.15) is 6.92 Å². The number of nitrogens with zero attached hydrogens (tertiary/aromatic N) is 1. The fraction of sp³-hybridized carbons (Fsp3) is 0.500. The fourth-order valence-electron chi connectivity index (χ4n) is 2.00. The third-order valence-corrected chi connectivity index (χ3v) is 4.84. The number of alkyl halides is 3. The normalized spacial score (nSPS) is 26.0. The molecule has 0 saturated carbocycles. The fourth-order valence-corrected chi connectivity index (χ4v) is 3.45. The number of carbonyl (C=O) groups excluding carboxylic acids is 2. The molecule has 0 aliphatic carbocycles. The molecule has 6 nitrogen and oxygen atoms in total. The molecule has 0 bridgehead atoms. The molecule has 0 aromatic rings. The van der Waals surface area contributed by atoms with Crippen molar-refractivity contribution in [3.63, 3.8) is 0 Å². The minimum absolute atomic E-state index is 0.0434. The highest BCUT2D eigenvalue weighted by Gasteiger charge is 2.54. The van der Waals surface area contributed by atoms with E-state index in [1.807, 2.05) is 0 Å². The molecule has 2 aliphatic heterocycles. The first-order chi connectivity index (χ1) is 9.14. The summed E-state index contributed by atoms with van der Waals surface area (Å²) in [6, 6.07) is -0.884. The summed E-state index contributed by atoms with van der Waals surface area (Å²) in [4.78, 5) is 35.9. The number of aliphatic carboxylic acids is 1. The van der Waals surface area contributed by atoms with Gasteiger partial charge in [0, 0.05) is 5.75 Å². The van der Waals surface area contributed by atoms with Gasteiger partial charge in [0.25, 0.3) is 15.6 Å². The summed E-state index contributed by atoms with van der Waals surface area (Å²) in [7, 11) is 0. The van der Waals surface area contributed by atoms with E-state index in [0.717, 1.165) is 4.90 Å². The van der Waals surface area contributed by atoms with E-state index in [2.05, 4.69) is 5.32 Å². The Morgan fingerprint density at radius 2 is 2.05 bits per heavy atom. The van der Waals surface area contributed by atoms with E-state index < -0.39 is 33.0 Å². The Hall–Kier alpha value is -0.630. The molecule has 0 radical (unpaired) electrons. The van der Waals surface area contributed by atoms with Crippen LogP contribution in [-0.2, 0) is 14.4 Å². The number of rotatable bonds is 2. The molecular weight excluding hydrogens is 351 g/mol. The number of carboxylic acid groups (broad SMARTS) is 1. The van der Waals surface area contributed by atoms with Gasteiger partial charge in [-0.05, 0) is 12.5 Å². The van der Waals surface area contributed by atoms with Crippen molar-refractivity contribution in [2.75, 3.05) is 5.75 Å². The van der Waals surface area contributed by atoms with Gasteiger partial charge in [-0.1, -0.05) is 34.8 Å². The molecule has 2 heterocycles. The first-order valence-corrected chi connectivity index (χ1v) is 7.58. The van der Waals surface area contributed by atoms with E-state index >= 15 is 0 Å². The van der Waals surface area contributed by atoms with Gasteiger partial charge in [0.05, 0.1) is 0 Å². The summed E-state index contributed by atoms with van der Waals surface area (Å²) >= 11 is 17.6. The average molecular weight is 360 g/mol. The number of thioether (sulfide) groups is 1. The van der Waals surface area contributed by atoms with Gasteiger partial charge in [-0.25, -0.2) is 4.79 Å². The third kappa shape index (κ3) is 2.59. The molecule has 1 fully saturated rings. The SMILES string of the molecule is CC1=C(C(=O)O)N2C(=O)C(NC(=O)C(Cl)(Cl)Cl)C2SC1. The van der Waals surface area contributed by atoms with Gasteiger partial charge < -0.3 is 10.4 Å². The number of fused-ring (bicyclic) bond motifs is 1. The van der Waals surface area contributed by atoms with Crippen LogP contribution < -0.4 is 5.32 Å². The van der Waals surface area contributed by atoms with Crippen molar-refractivity contribution in [1.82, 2.24) is 10.2 Å². The van der Waals surface area contributed by atoms with Crippen molar-refractivity contribution in [2.45, 2.75) is 22.1 Å². The van der Waals surface area contributed by atoms with Crippen molar-refractivity contribution in [3.05, 3.63) is 11.3 Å². The van der Waals surface area contributed by atoms with Crippen LogP contribution in [0.4, 0.5) is 0 Å². The maximum Gasteiger partial charge on any atom is 0.352 e. The molecule has 110 valence electrons. The summed E-state index contributed by atoms with van der Waals surface area (Å²) in [5.41, 5.74) is 0.552.